The third-order valence-electron chi connectivity index (χ3n) is 4.24. The second-order valence-corrected chi connectivity index (χ2v) is 5.60. The third-order valence-corrected chi connectivity index (χ3v) is 4.24. The molecule has 1 unspecified atom stereocenters. The normalized spacial score (nSPS) is 15.8. The highest BCUT2D eigenvalue weighted by Gasteiger charge is 2.34. The van der Waals surface area contributed by atoms with Crippen LogP contribution in [-0.4, -0.2) is 23.4 Å². The molecular weight excluding hydrogens is 278 g/mol. The number of ether oxygens (including phenoxy) is 1. The van der Waals surface area contributed by atoms with Crippen molar-refractivity contribution in [3.05, 3.63) is 59.7 Å². The molecule has 4 heteroatoms. The first kappa shape index (κ1) is 14.8. The highest BCUT2D eigenvalue weighted by molar-refractivity contribution is 5.80. The predicted octanol–water partition coefficient (Wildman–Crippen LogP) is 2.40. The summed E-state index contributed by atoms with van der Waals surface area (Å²) in [5.41, 5.74) is 8.19. The van der Waals surface area contributed by atoms with E-state index in [0.717, 1.165) is 22.3 Å². The summed E-state index contributed by atoms with van der Waals surface area (Å²) in [6.07, 6.45) is 0.115. The number of hydrogen-bond donors (Lipinski definition) is 2. The standard InChI is InChI=1S/C18H19NO3/c1-2-18(19,21)17(20)22-11-16-14-9-5-3-7-12(14)13-8-4-6-10-15(13)16/h3-10,16,21H,2,11,19H2,1H3. The van der Waals surface area contributed by atoms with E-state index in [-0.39, 0.29) is 18.9 Å². The maximum absolute atomic E-state index is 11.9. The molecule has 2 aromatic carbocycles. The Morgan fingerprint density at radius 1 is 1.14 bits per heavy atom. The molecule has 3 rings (SSSR count). The monoisotopic (exact) mass is 297 g/mol. The van der Waals surface area contributed by atoms with Gasteiger partial charge in [0.15, 0.2) is 0 Å². The van der Waals surface area contributed by atoms with Crippen LogP contribution >= 0.6 is 0 Å². The van der Waals surface area contributed by atoms with Gasteiger partial charge in [0, 0.05) is 5.92 Å². The molecule has 1 aliphatic rings. The summed E-state index contributed by atoms with van der Waals surface area (Å²) in [4.78, 5) is 11.9. The summed E-state index contributed by atoms with van der Waals surface area (Å²) < 4.78 is 5.28. The Hall–Kier alpha value is -2.17. The number of nitrogens with two attached hydrogens (primary N) is 1. The molecule has 0 amide bonds. The Bertz CT molecular complexity index is 663. The van der Waals surface area contributed by atoms with Crippen molar-refractivity contribution >= 4 is 5.97 Å². The van der Waals surface area contributed by atoms with Gasteiger partial charge >= 0.3 is 5.97 Å². The Kier molecular flexibility index (Phi) is 3.72. The number of rotatable bonds is 4. The molecule has 22 heavy (non-hydrogen) atoms. The zero-order valence-corrected chi connectivity index (χ0v) is 12.5. The number of esters is 1. The van der Waals surface area contributed by atoms with Gasteiger partial charge in [-0.25, -0.2) is 4.79 Å². The van der Waals surface area contributed by atoms with Crippen LogP contribution in [0, 0.1) is 0 Å². The Morgan fingerprint density at radius 3 is 2.14 bits per heavy atom. The van der Waals surface area contributed by atoms with Crippen LogP contribution in [0.5, 0.6) is 0 Å². The van der Waals surface area contributed by atoms with E-state index in [1.165, 1.54) is 0 Å². The molecule has 1 aliphatic carbocycles. The molecule has 0 fully saturated rings. The molecule has 0 saturated carbocycles. The first-order chi connectivity index (χ1) is 10.5. The fourth-order valence-electron chi connectivity index (χ4n) is 2.87. The van der Waals surface area contributed by atoms with E-state index in [0.29, 0.717) is 0 Å². The zero-order chi connectivity index (χ0) is 15.7. The molecule has 0 bridgehead atoms. The Morgan fingerprint density at radius 2 is 1.64 bits per heavy atom. The molecule has 0 saturated heterocycles. The van der Waals surface area contributed by atoms with Crippen LogP contribution in [0.4, 0.5) is 0 Å². The van der Waals surface area contributed by atoms with E-state index in [2.05, 4.69) is 12.1 Å². The van der Waals surface area contributed by atoms with Gasteiger partial charge in [-0.1, -0.05) is 55.5 Å². The molecule has 4 nitrogen and oxygen atoms in total. The summed E-state index contributed by atoms with van der Waals surface area (Å²) >= 11 is 0. The van der Waals surface area contributed by atoms with Crippen LogP contribution < -0.4 is 5.73 Å². The van der Waals surface area contributed by atoms with E-state index in [4.69, 9.17) is 10.5 Å². The molecule has 0 heterocycles. The van der Waals surface area contributed by atoms with Gasteiger partial charge in [0.1, 0.15) is 6.61 Å². The number of benzene rings is 2. The Balaban J connectivity index is 1.87. The topological polar surface area (TPSA) is 72.5 Å². The van der Waals surface area contributed by atoms with Gasteiger partial charge in [-0.2, -0.15) is 0 Å². The van der Waals surface area contributed by atoms with Crippen LogP contribution in [0.1, 0.15) is 30.4 Å². The SMILES string of the molecule is CCC(N)(O)C(=O)OCC1c2ccccc2-c2ccccc21. The van der Waals surface area contributed by atoms with Crippen molar-refractivity contribution in [3.8, 4) is 11.1 Å². The van der Waals surface area contributed by atoms with Crippen LogP contribution in [0.3, 0.4) is 0 Å². The minimum absolute atomic E-state index is 0.0241. The van der Waals surface area contributed by atoms with Gasteiger partial charge in [0.25, 0.3) is 0 Å². The van der Waals surface area contributed by atoms with Crippen molar-refractivity contribution in [1.29, 1.82) is 0 Å². The van der Waals surface area contributed by atoms with Crippen molar-refractivity contribution in [1.82, 2.24) is 0 Å². The average molecular weight is 297 g/mol. The number of hydrogen-bond acceptors (Lipinski definition) is 4. The molecule has 0 aromatic heterocycles. The number of carbonyl (C=O) groups is 1. The lowest BCUT2D eigenvalue weighted by Crippen LogP contribution is -2.48. The minimum Gasteiger partial charge on any atom is -0.462 e. The van der Waals surface area contributed by atoms with Crippen LogP contribution in [0.2, 0.25) is 0 Å². The lowest BCUT2D eigenvalue weighted by molar-refractivity contribution is -0.165. The highest BCUT2D eigenvalue weighted by atomic mass is 16.6. The van der Waals surface area contributed by atoms with Gasteiger partial charge in [-0.15, -0.1) is 0 Å². The summed E-state index contributed by atoms with van der Waals surface area (Å²) in [7, 11) is 0. The van der Waals surface area contributed by atoms with E-state index in [1.807, 2.05) is 36.4 Å². The minimum atomic E-state index is -1.92. The summed E-state index contributed by atoms with van der Waals surface area (Å²) in [6, 6.07) is 16.2. The molecule has 114 valence electrons. The molecule has 0 spiro atoms. The number of fused-ring (bicyclic) bond motifs is 3. The lowest BCUT2D eigenvalue weighted by atomic mass is 9.98. The van der Waals surface area contributed by atoms with Crippen LogP contribution in [-0.2, 0) is 9.53 Å². The second-order valence-electron chi connectivity index (χ2n) is 5.60. The molecule has 3 N–H and O–H groups in total. The first-order valence-corrected chi connectivity index (χ1v) is 7.41. The quantitative estimate of drug-likeness (QED) is 0.671. The molecule has 2 aromatic rings. The van der Waals surface area contributed by atoms with Crippen molar-refractivity contribution in [2.75, 3.05) is 6.61 Å². The van der Waals surface area contributed by atoms with Crippen LogP contribution in [0.15, 0.2) is 48.5 Å². The van der Waals surface area contributed by atoms with Crippen LogP contribution in [0.25, 0.3) is 11.1 Å². The molecule has 1 atom stereocenters. The van der Waals surface area contributed by atoms with Gasteiger partial charge in [0.2, 0.25) is 5.72 Å². The highest BCUT2D eigenvalue weighted by Crippen LogP contribution is 2.44. The van der Waals surface area contributed by atoms with Gasteiger partial charge in [-0.05, 0) is 28.7 Å². The molecule has 0 aliphatic heterocycles. The van der Waals surface area contributed by atoms with Gasteiger partial charge in [0.05, 0.1) is 0 Å². The van der Waals surface area contributed by atoms with Gasteiger partial charge < -0.3 is 9.84 Å². The fourth-order valence-corrected chi connectivity index (χ4v) is 2.87. The summed E-state index contributed by atoms with van der Waals surface area (Å²) in [5.74, 6) is -0.805. The van der Waals surface area contributed by atoms with Gasteiger partial charge in [-0.3, -0.25) is 5.73 Å². The fraction of sp³-hybridized carbons (Fsp3) is 0.278. The van der Waals surface area contributed by atoms with E-state index < -0.39 is 11.7 Å². The van der Waals surface area contributed by atoms with E-state index >= 15 is 0 Å². The largest absolute Gasteiger partial charge is 0.462 e. The third kappa shape index (κ3) is 2.40. The first-order valence-electron chi connectivity index (χ1n) is 7.41. The molecule has 0 radical (unpaired) electrons. The predicted molar refractivity (Wildman–Crippen MR) is 84.1 cm³/mol. The number of aliphatic hydroxyl groups is 1. The van der Waals surface area contributed by atoms with Crippen molar-refractivity contribution in [3.63, 3.8) is 0 Å². The Labute approximate surface area is 129 Å². The second kappa shape index (κ2) is 5.55. The number of carbonyl (C=O) groups excluding carboxylic acids is 1. The van der Waals surface area contributed by atoms with Crippen molar-refractivity contribution in [2.24, 2.45) is 5.73 Å². The zero-order valence-electron chi connectivity index (χ0n) is 12.5. The maximum Gasteiger partial charge on any atom is 0.353 e. The average Bonchev–Trinajstić information content (AvgIpc) is 2.87. The summed E-state index contributed by atoms with van der Waals surface area (Å²) in [5, 5.41) is 9.76. The smallest absolute Gasteiger partial charge is 0.353 e. The van der Waals surface area contributed by atoms with Crippen molar-refractivity contribution in [2.45, 2.75) is 25.0 Å². The maximum atomic E-state index is 11.9. The lowest BCUT2D eigenvalue weighted by Gasteiger charge is -2.21. The molecular formula is C18H19NO3. The van der Waals surface area contributed by atoms with Crippen molar-refractivity contribution < 1.29 is 14.6 Å². The summed E-state index contributed by atoms with van der Waals surface area (Å²) in [6.45, 7) is 1.81. The van der Waals surface area contributed by atoms with E-state index in [1.54, 1.807) is 6.92 Å². The van der Waals surface area contributed by atoms with E-state index in [9.17, 15) is 9.90 Å².